The van der Waals surface area contributed by atoms with Gasteiger partial charge in [0.25, 0.3) is 0 Å². The highest BCUT2D eigenvalue weighted by atomic mass is 16.6. The molecule has 1 saturated heterocycles. The Hall–Kier alpha value is -2.87. The molecule has 1 amide bonds. The topological polar surface area (TPSA) is 90.5 Å². The second-order valence-electron chi connectivity index (χ2n) is 13.8. The second-order valence-corrected chi connectivity index (χ2v) is 13.8. The predicted octanol–water partition coefficient (Wildman–Crippen LogP) is 6.78. The summed E-state index contributed by atoms with van der Waals surface area (Å²) in [5, 5.41) is 8.27. The van der Waals surface area contributed by atoms with E-state index in [0.29, 0.717) is 18.5 Å². The molecule has 1 saturated carbocycles. The molecule has 1 aliphatic carbocycles. The summed E-state index contributed by atoms with van der Waals surface area (Å²) in [5.74, 6) is 0.925. The molecule has 1 atom stereocenters. The number of aromatic nitrogens is 1. The monoisotopic (exact) mass is 588 g/mol. The molecular weight excluding hydrogens is 536 g/mol. The smallest absolute Gasteiger partial charge is 0.407 e. The lowest BCUT2D eigenvalue weighted by Crippen LogP contribution is -2.44. The van der Waals surface area contributed by atoms with Crippen LogP contribution in [0.5, 0.6) is 0 Å². The van der Waals surface area contributed by atoms with Crippen LogP contribution in [0.25, 0.3) is 10.9 Å². The summed E-state index contributed by atoms with van der Waals surface area (Å²) in [6.07, 6.45) is 9.44. The third-order valence-corrected chi connectivity index (χ3v) is 9.14. The molecule has 2 fully saturated rings. The van der Waals surface area contributed by atoms with E-state index in [-0.39, 0.29) is 18.1 Å². The Bertz CT molecular complexity index is 1350. The zero-order chi connectivity index (χ0) is 30.4. The van der Waals surface area contributed by atoms with Gasteiger partial charge in [-0.3, -0.25) is 0 Å². The van der Waals surface area contributed by atoms with Crippen molar-refractivity contribution in [2.24, 2.45) is 11.7 Å². The molecular formula is C36H52N4O3. The molecule has 2 aliphatic rings. The first-order chi connectivity index (χ1) is 20.7. The molecule has 1 unspecified atom stereocenters. The zero-order valence-electron chi connectivity index (χ0n) is 26.7. The molecule has 2 aromatic carbocycles. The van der Waals surface area contributed by atoms with Crippen molar-refractivity contribution in [3.8, 4) is 0 Å². The number of ether oxygens (including phenoxy) is 2. The van der Waals surface area contributed by atoms with Crippen LogP contribution in [0.15, 0.2) is 48.7 Å². The fraction of sp³-hybridized carbons (Fsp3) is 0.583. The summed E-state index contributed by atoms with van der Waals surface area (Å²) in [4.78, 5) is 12.2. The van der Waals surface area contributed by atoms with Gasteiger partial charge in [0.2, 0.25) is 0 Å². The second kappa shape index (κ2) is 14.3. The van der Waals surface area contributed by atoms with Gasteiger partial charge in [0.1, 0.15) is 5.60 Å². The molecule has 0 radical (unpaired) electrons. The van der Waals surface area contributed by atoms with E-state index in [0.717, 1.165) is 71.2 Å². The number of hydrogen-bond acceptors (Lipinski definition) is 5. The molecule has 0 bridgehead atoms. The number of alkyl carbamates (subject to hydrolysis) is 1. The van der Waals surface area contributed by atoms with Crippen LogP contribution in [0, 0.1) is 12.8 Å². The van der Waals surface area contributed by atoms with Gasteiger partial charge in [-0.2, -0.15) is 0 Å². The van der Waals surface area contributed by atoms with Crippen LogP contribution in [0.3, 0.4) is 0 Å². The molecule has 2 heterocycles. The van der Waals surface area contributed by atoms with Crippen molar-refractivity contribution in [2.75, 3.05) is 19.8 Å². The van der Waals surface area contributed by atoms with E-state index >= 15 is 0 Å². The number of carbonyl (C=O) groups is 1. The minimum atomic E-state index is -0.473. The van der Waals surface area contributed by atoms with Crippen molar-refractivity contribution in [3.05, 3.63) is 70.9 Å². The lowest BCUT2D eigenvalue weighted by atomic mass is 9.86. The van der Waals surface area contributed by atoms with Gasteiger partial charge in [-0.05, 0) is 114 Å². The zero-order valence-corrected chi connectivity index (χ0v) is 26.7. The summed E-state index contributed by atoms with van der Waals surface area (Å²) in [7, 11) is 0. The van der Waals surface area contributed by atoms with Crippen molar-refractivity contribution in [1.82, 2.24) is 15.2 Å². The summed E-state index contributed by atoms with van der Waals surface area (Å²) in [6.45, 7) is 12.1. The number of nitrogens with zero attached hydrogens (tertiary/aromatic N) is 1. The maximum absolute atomic E-state index is 12.2. The molecule has 43 heavy (non-hydrogen) atoms. The fourth-order valence-corrected chi connectivity index (χ4v) is 6.87. The highest BCUT2D eigenvalue weighted by molar-refractivity contribution is 5.86. The van der Waals surface area contributed by atoms with Gasteiger partial charge in [-0.25, -0.2) is 4.79 Å². The number of fused-ring (bicyclic) bond motifs is 1. The van der Waals surface area contributed by atoms with Crippen molar-refractivity contribution >= 4 is 17.0 Å². The number of nitrogens with two attached hydrogens (primary N) is 1. The highest BCUT2D eigenvalue weighted by Gasteiger charge is 2.26. The van der Waals surface area contributed by atoms with Gasteiger partial charge < -0.3 is 30.4 Å². The summed E-state index contributed by atoms with van der Waals surface area (Å²) < 4.78 is 13.6. The third-order valence-electron chi connectivity index (χ3n) is 9.14. The van der Waals surface area contributed by atoms with Crippen LogP contribution in [0.2, 0.25) is 0 Å². The van der Waals surface area contributed by atoms with E-state index in [2.05, 4.69) is 70.8 Å². The first-order valence-corrected chi connectivity index (χ1v) is 16.4. The molecule has 5 rings (SSSR count). The Morgan fingerprint density at radius 1 is 1.05 bits per heavy atom. The Morgan fingerprint density at radius 2 is 1.79 bits per heavy atom. The SMILES string of the molecule is Cc1cccc(C(CCN[C@H]2CC[C@@H](NC(=O)OC(C)(C)C)CC2)c2cn(CC3CCOCC3)c3ccc(CN)cc23)c1. The highest BCUT2D eigenvalue weighted by Crippen LogP contribution is 2.36. The molecule has 7 heteroatoms. The molecule has 4 N–H and O–H groups in total. The van der Waals surface area contributed by atoms with Gasteiger partial charge in [-0.15, -0.1) is 0 Å². The van der Waals surface area contributed by atoms with Crippen LogP contribution in [-0.2, 0) is 22.6 Å². The summed E-state index contributed by atoms with van der Waals surface area (Å²) in [5.41, 5.74) is 12.2. The number of hydrogen-bond donors (Lipinski definition) is 3. The van der Waals surface area contributed by atoms with Crippen LogP contribution in [-0.4, -0.2) is 48.1 Å². The van der Waals surface area contributed by atoms with E-state index in [4.69, 9.17) is 15.2 Å². The Morgan fingerprint density at radius 3 is 2.49 bits per heavy atom. The minimum Gasteiger partial charge on any atom is -0.444 e. The van der Waals surface area contributed by atoms with Crippen molar-refractivity contribution < 1.29 is 14.3 Å². The molecule has 1 aromatic heterocycles. The number of nitrogens with one attached hydrogen (secondary N) is 2. The van der Waals surface area contributed by atoms with Gasteiger partial charge >= 0.3 is 6.09 Å². The minimum absolute atomic E-state index is 0.187. The quantitative estimate of drug-likeness (QED) is 0.243. The summed E-state index contributed by atoms with van der Waals surface area (Å²) in [6, 6.07) is 16.5. The Balaban J connectivity index is 1.30. The first kappa shape index (κ1) is 31.6. The Labute approximate surface area is 257 Å². The summed E-state index contributed by atoms with van der Waals surface area (Å²) >= 11 is 0. The average Bonchev–Trinajstić information content (AvgIpc) is 3.32. The molecule has 1 aliphatic heterocycles. The molecule has 3 aromatic rings. The predicted molar refractivity (Wildman–Crippen MR) is 174 cm³/mol. The number of carbonyl (C=O) groups excluding carboxylic acids is 1. The average molecular weight is 589 g/mol. The normalized spacial score (nSPS) is 20.7. The van der Waals surface area contributed by atoms with E-state index < -0.39 is 5.60 Å². The van der Waals surface area contributed by atoms with Gasteiger partial charge in [0, 0.05) is 61.4 Å². The van der Waals surface area contributed by atoms with Gasteiger partial charge in [0.15, 0.2) is 0 Å². The van der Waals surface area contributed by atoms with Gasteiger partial charge in [0.05, 0.1) is 0 Å². The lowest BCUT2D eigenvalue weighted by Gasteiger charge is -2.31. The maximum Gasteiger partial charge on any atom is 0.407 e. The number of amides is 1. The van der Waals surface area contributed by atoms with Gasteiger partial charge in [-0.1, -0.05) is 35.9 Å². The molecule has 0 spiro atoms. The molecule has 234 valence electrons. The van der Waals surface area contributed by atoms with Crippen LogP contribution in [0.4, 0.5) is 4.79 Å². The van der Waals surface area contributed by atoms with Crippen LogP contribution in [0.1, 0.15) is 93.9 Å². The largest absolute Gasteiger partial charge is 0.444 e. The van der Waals surface area contributed by atoms with E-state index in [1.807, 2.05) is 20.8 Å². The third kappa shape index (κ3) is 8.62. The lowest BCUT2D eigenvalue weighted by molar-refractivity contribution is 0.0489. The number of benzene rings is 2. The van der Waals surface area contributed by atoms with Crippen molar-refractivity contribution in [1.29, 1.82) is 0 Å². The van der Waals surface area contributed by atoms with E-state index in [1.54, 1.807) is 0 Å². The van der Waals surface area contributed by atoms with E-state index in [9.17, 15) is 4.79 Å². The first-order valence-electron chi connectivity index (χ1n) is 16.4. The van der Waals surface area contributed by atoms with Crippen LogP contribution >= 0.6 is 0 Å². The fourth-order valence-electron chi connectivity index (χ4n) is 6.87. The number of rotatable bonds is 10. The van der Waals surface area contributed by atoms with Crippen LogP contribution < -0.4 is 16.4 Å². The van der Waals surface area contributed by atoms with Crippen molar-refractivity contribution in [3.63, 3.8) is 0 Å². The standard InChI is InChI=1S/C36H52N4O3/c1-25-6-5-7-28(20-25)31(14-17-38-29-9-11-30(12-10-29)39-35(41)43-36(2,3)4)33-24-40(23-26-15-18-42-19-16-26)34-13-8-27(22-37)21-32(33)34/h5-8,13,20-21,24,26,29-31,38H,9-12,14-19,22-23,37H2,1-4H3,(H,39,41)/t29-,30+,31?. The van der Waals surface area contributed by atoms with E-state index in [1.165, 1.54) is 33.2 Å². The maximum atomic E-state index is 12.2. The molecule has 7 nitrogen and oxygen atoms in total. The Kier molecular flexibility index (Phi) is 10.5. The van der Waals surface area contributed by atoms with Crippen molar-refractivity contribution in [2.45, 2.75) is 109 Å². The number of aryl methyl sites for hydroxylation is 1.